The summed E-state index contributed by atoms with van der Waals surface area (Å²) in [6, 6.07) is 7.11. The van der Waals surface area contributed by atoms with Gasteiger partial charge in [0.05, 0.1) is 6.04 Å². The lowest BCUT2D eigenvalue weighted by atomic mass is 9.97. The standard InChI is InChI=1S/C17H13F5N2O3/c18-13-5-4-10(8-23-13)14-12(24-16(25)26-14)7-9-2-1-3-11(6-9)27-17(21,22)15(19)20/h1-6,8,12,14-15H,7H2,(H,24,25). The Kier molecular flexibility index (Phi) is 5.15. The van der Waals surface area contributed by atoms with E-state index in [4.69, 9.17) is 4.74 Å². The molecule has 1 amide bonds. The van der Waals surface area contributed by atoms with Gasteiger partial charge in [-0.05, 0) is 36.2 Å². The number of pyridine rings is 1. The van der Waals surface area contributed by atoms with Crippen LogP contribution in [0.2, 0.25) is 0 Å². The highest BCUT2D eigenvalue weighted by Crippen LogP contribution is 2.31. The summed E-state index contributed by atoms with van der Waals surface area (Å²) in [5.41, 5.74) is 0.879. The van der Waals surface area contributed by atoms with Crippen LogP contribution in [0.4, 0.5) is 26.7 Å². The summed E-state index contributed by atoms with van der Waals surface area (Å²) in [6.45, 7) is 0. The van der Waals surface area contributed by atoms with Crippen LogP contribution in [0.25, 0.3) is 0 Å². The van der Waals surface area contributed by atoms with Gasteiger partial charge in [0.2, 0.25) is 5.95 Å². The number of carbonyl (C=O) groups excluding carboxylic acids is 1. The highest BCUT2D eigenvalue weighted by atomic mass is 19.3. The number of amides is 1. The highest BCUT2D eigenvalue weighted by molar-refractivity contribution is 5.70. The number of alkyl carbamates (subject to hydrolysis) is 1. The van der Waals surface area contributed by atoms with Crippen LogP contribution in [0.5, 0.6) is 5.75 Å². The molecule has 1 N–H and O–H groups in total. The fourth-order valence-electron chi connectivity index (χ4n) is 2.66. The summed E-state index contributed by atoms with van der Waals surface area (Å²) in [7, 11) is 0. The first-order chi connectivity index (χ1) is 12.7. The van der Waals surface area contributed by atoms with Gasteiger partial charge in [0.25, 0.3) is 0 Å². The Balaban J connectivity index is 1.76. The van der Waals surface area contributed by atoms with E-state index in [1.54, 1.807) is 6.07 Å². The number of benzene rings is 1. The Labute approximate surface area is 150 Å². The van der Waals surface area contributed by atoms with E-state index in [0.29, 0.717) is 11.1 Å². The molecule has 27 heavy (non-hydrogen) atoms. The number of halogens is 5. The van der Waals surface area contributed by atoms with Crippen molar-refractivity contribution in [2.24, 2.45) is 0 Å². The molecule has 0 aliphatic carbocycles. The predicted molar refractivity (Wildman–Crippen MR) is 82.1 cm³/mol. The van der Waals surface area contributed by atoms with Gasteiger partial charge in [-0.3, -0.25) is 0 Å². The van der Waals surface area contributed by atoms with E-state index < -0.39 is 42.5 Å². The number of nitrogens with zero attached hydrogens (tertiary/aromatic N) is 1. The Morgan fingerprint density at radius 2 is 2.04 bits per heavy atom. The summed E-state index contributed by atoms with van der Waals surface area (Å²) in [6.07, 6.45) is -8.73. The minimum atomic E-state index is -4.62. The molecular weight excluding hydrogens is 375 g/mol. The molecule has 2 heterocycles. The van der Waals surface area contributed by atoms with Crippen LogP contribution in [0.3, 0.4) is 0 Å². The molecule has 2 aromatic rings. The summed E-state index contributed by atoms with van der Waals surface area (Å²) in [5, 5.41) is 2.56. The number of alkyl halides is 4. The van der Waals surface area contributed by atoms with E-state index in [2.05, 4.69) is 15.0 Å². The minimum absolute atomic E-state index is 0.130. The molecule has 5 nitrogen and oxygen atoms in total. The van der Waals surface area contributed by atoms with Gasteiger partial charge in [0.1, 0.15) is 5.75 Å². The number of hydrogen-bond acceptors (Lipinski definition) is 4. The predicted octanol–water partition coefficient (Wildman–Crippen LogP) is 3.85. The molecule has 1 aromatic carbocycles. The van der Waals surface area contributed by atoms with Crippen molar-refractivity contribution in [2.45, 2.75) is 31.1 Å². The zero-order valence-electron chi connectivity index (χ0n) is 13.5. The van der Waals surface area contributed by atoms with E-state index in [9.17, 15) is 26.7 Å². The van der Waals surface area contributed by atoms with Crippen molar-refractivity contribution >= 4 is 6.09 Å². The normalized spacial score (nSPS) is 19.7. The molecule has 1 aliphatic rings. The summed E-state index contributed by atoms with van der Waals surface area (Å²) in [4.78, 5) is 15.1. The Morgan fingerprint density at radius 3 is 2.70 bits per heavy atom. The summed E-state index contributed by atoms with van der Waals surface area (Å²) >= 11 is 0. The van der Waals surface area contributed by atoms with Crippen LogP contribution in [0.15, 0.2) is 42.6 Å². The van der Waals surface area contributed by atoms with E-state index >= 15 is 0 Å². The zero-order valence-corrected chi connectivity index (χ0v) is 13.5. The maximum absolute atomic E-state index is 13.0. The molecule has 2 atom stereocenters. The van der Waals surface area contributed by atoms with Gasteiger partial charge in [-0.1, -0.05) is 12.1 Å². The molecule has 144 valence electrons. The molecule has 0 spiro atoms. The molecule has 0 radical (unpaired) electrons. The fraction of sp³-hybridized carbons (Fsp3) is 0.294. The molecule has 1 saturated heterocycles. The maximum atomic E-state index is 13.0. The molecule has 3 rings (SSSR count). The average Bonchev–Trinajstić information content (AvgIpc) is 2.95. The van der Waals surface area contributed by atoms with Gasteiger partial charge < -0.3 is 14.8 Å². The Bertz CT molecular complexity index is 816. The van der Waals surface area contributed by atoms with Gasteiger partial charge in [-0.25, -0.2) is 9.78 Å². The Morgan fingerprint density at radius 1 is 1.26 bits per heavy atom. The number of rotatable bonds is 6. The maximum Gasteiger partial charge on any atom is 0.461 e. The molecule has 1 aromatic heterocycles. The molecule has 2 unspecified atom stereocenters. The second-order valence-corrected chi connectivity index (χ2v) is 5.81. The number of aromatic nitrogens is 1. The van der Waals surface area contributed by atoms with Gasteiger partial charge >= 0.3 is 18.6 Å². The van der Waals surface area contributed by atoms with E-state index in [1.807, 2.05) is 0 Å². The zero-order chi connectivity index (χ0) is 19.6. The first kappa shape index (κ1) is 18.9. The number of cyclic esters (lactones) is 1. The SMILES string of the molecule is O=C1NC(Cc2cccc(OC(F)(F)C(F)F)c2)C(c2ccc(F)nc2)O1. The second-order valence-electron chi connectivity index (χ2n) is 5.81. The average molecular weight is 388 g/mol. The molecule has 1 aliphatic heterocycles. The van der Waals surface area contributed by atoms with Crippen LogP contribution in [0, 0.1) is 5.95 Å². The minimum Gasteiger partial charge on any atom is -0.439 e. The monoisotopic (exact) mass is 388 g/mol. The number of nitrogens with one attached hydrogen (secondary N) is 1. The smallest absolute Gasteiger partial charge is 0.439 e. The summed E-state index contributed by atoms with van der Waals surface area (Å²) < 4.78 is 72.8. The lowest BCUT2D eigenvalue weighted by Crippen LogP contribution is -2.33. The largest absolute Gasteiger partial charge is 0.461 e. The van der Waals surface area contributed by atoms with Crippen LogP contribution in [0.1, 0.15) is 17.2 Å². The van der Waals surface area contributed by atoms with E-state index in [0.717, 1.165) is 12.1 Å². The molecular formula is C17H13F5N2O3. The third-order valence-corrected chi connectivity index (χ3v) is 3.84. The van der Waals surface area contributed by atoms with Crippen molar-refractivity contribution in [1.82, 2.24) is 10.3 Å². The van der Waals surface area contributed by atoms with Crippen LogP contribution in [-0.4, -0.2) is 29.7 Å². The third-order valence-electron chi connectivity index (χ3n) is 3.84. The second kappa shape index (κ2) is 7.37. The molecule has 0 bridgehead atoms. The first-order valence-corrected chi connectivity index (χ1v) is 7.77. The number of carbonyl (C=O) groups is 1. The van der Waals surface area contributed by atoms with Crippen LogP contribution >= 0.6 is 0 Å². The van der Waals surface area contributed by atoms with Crippen molar-refractivity contribution in [3.63, 3.8) is 0 Å². The van der Waals surface area contributed by atoms with Crippen molar-refractivity contribution in [3.8, 4) is 5.75 Å². The summed E-state index contributed by atoms with van der Waals surface area (Å²) in [5.74, 6) is -1.14. The molecule has 1 fully saturated rings. The van der Waals surface area contributed by atoms with Crippen molar-refractivity contribution in [3.05, 3.63) is 59.7 Å². The van der Waals surface area contributed by atoms with Crippen LogP contribution < -0.4 is 10.1 Å². The molecule has 10 heteroatoms. The Hall–Kier alpha value is -2.91. The highest BCUT2D eigenvalue weighted by Gasteiger charge is 2.44. The van der Waals surface area contributed by atoms with Crippen molar-refractivity contribution < 1.29 is 36.2 Å². The van der Waals surface area contributed by atoms with Crippen molar-refractivity contribution in [2.75, 3.05) is 0 Å². The van der Waals surface area contributed by atoms with Gasteiger partial charge in [-0.2, -0.15) is 22.0 Å². The van der Waals surface area contributed by atoms with Crippen molar-refractivity contribution in [1.29, 1.82) is 0 Å². The fourth-order valence-corrected chi connectivity index (χ4v) is 2.66. The van der Waals surface area contributed by atoms with E-state index in [-0.39, 0.29) is 6.42 Å². The van der Waals surface area contributed by atoms with Gasteiger partial charge in [-0.15, -0.1) is 0 Å². The van der Waals surface area contributed by atoms with Gasteiger partial charge in [0, 0.05) is 11.8 Å². The lowest BCUT2D eigenvalue weighted by molar-refractivity contribution is -0.253. The first-order valence-electron chi connectivity index (χ1n) is 7.77. The van der Waals surface area contributed by atoms with E-state index in [1.165, 1.54) is 24.4 Å². The van der Waals surface area contributed by atoms with Crippen LogP contribution in [-0.2, 0) is 11.2 Å². The van der Waals surface area contributed by atoms with Gasteiger partial charge in [0.15, 0.2) is 6.10 Å². The molecule has 0 saturated carbocycles. The lowest BCUT2D eigenvalue weighted by Gasteiger charge is -2.19. The topological polar surface area (TPSA) is 60.5 Å². The third kappa shape index (κ3) is 4.44. The number of ether oxygens (including phenoxy) is 2. The quantitative estimate of drug-likeness (QED) is 0.603. The number of hydrogen-bond donors (Lipinski definition) is 1.